The molecule has 2 aromatic rings. The molecule has 1 aromatic carbocycles. The van der Waals surface area contributed by atoms with Crippen LogP contribution in [0.15, 0.2) is 24.3 Å². The van der Waals surface area contributed by atoms with E-state index in [1.165, 1.54) is 4.90 Å². The van der Waals surface area contributed by atoms with E-state index in [9.17, 15) is 33.9 Å². The van der Waals surface area contributed by atoms with E-state index in [0.29, 0.717) is 12.8 Å². The van der Waals surface area contributed by atoms with Crippen molar-refractivity contribution in [3.8, 4) is 0 Å². The van der Waals surface area contributed by atoms with Gasteiger partial charge in [-0.25, -0.2) is 0 Å². The number of nitrogens with zero attached hydrogens (tertiary/aromatic N) is 1. The summed E-state index contributed by atoms with van der Waals surface area (Å²) in [5, 5.41) is 21.4. The SMILES string of the molecule is Cc1[nH]c2ccccc2c1C[C@@H]1NC(=O)[C@@H](CC(C)C)NC(=O)[C@H](C(C)C)NC(=O)[C@@H]2CCCN2C(=O)[C@@H](CC(=O)O)NC1=O. The van der Waals surface area contributed by atoms with E-state index in [1.807, 2.05) is 45.0 Å². The molecular weight excluding hydrogens is 580 g/mol. The van der Waals surface area contributed by atoms with Gasteiger partial charge < -0.3 is 36.3 Å². The van der Waals surface area contributed by atoms with E-state index in [1.54, 1.807) is 13.8 Å². The highest BCUT2D eigenvalue weighted by atomic mass is 16.4. The van der Waals surface area contributed by atoms with Gasteiger partial charge in [-0.15, -0.1) is 0 Å². The second-order valence-corrected chi connectivity index (χ2v) is 12.8. The Bertz CT molecular complexity index is 1470. The van der Waals surface area contributed by atoms with Crippen molar-refractivity contribution in [1.82, 2.24) is 31.2 Å². The van der Waals surface area contributed by atoms with Crippen molar-refractivity contribution in [2.45, 2.75) is 96.9 Å². The third-order valence-corrected chi connectivity index (χ3v) is 8.49. The lowest BCUT2D eigenvalue weighted by atomic mass is 9.98. The van der Waals surface area contributed by atoms with Crippen LogP contribution in [-0.2, 0) is 35.2 Å². The number of benzene rings is 1. The van der Waals surface area contributed by atoms with Gasteiger partial charge in [0, 0.05) is 29.6 Å². The molecule has 0 unspecified atom stereocenters. The zero-order chi connectivity index (χ0) is 33.0. The summed E-state index contributed by atoms with van der Waals surface area (Å²) >= 11 is 0. The summed E-state index contributed by atoms with van der Waals surface area (Å²) in [7, 11) is 0. The summed E-state index contributed by atoms with van der Waals surface area (Å²) in [5.74, 6) is -4.86. The number of amides is 5. The number of carboxylic acids is 1. The maximum atomic E-state index is 13.9. The van der Waals surface area contributed by atoms with Gasteiger partial charge in [-0.05, 0) is 49.7 Å². The molecule has 45 heavy (non-hydrogen) atoms. The van der Waals surface area contributed by atoms with E-state index in [2.05, 4.69) is 26.3 Å². The zero-order valence-corrected chi connectivity index (χ0v) is 26.4. The Morgan fingerprint density at radius 3 is 2.20 bits per heavy atom. The van der Waals surface area contributed by atoms with Crippen molar-refractivity contribution in [2.75, 3.05) is 6.54 Å². The number of nitrogens with one attached hydrogen (secondary N) is 5. The largest absolute Gasteiger partial charge is 0.481 e. The number of fused-ring (bicyclic) bond motifs is 2. The lowest BCUT2D eigenvalue weighted by Gasteiger charge is -2.30. The van der Waals surface area contributed by atoms with Crippen LogP contribution >= 0.6 is 0 Å². The van der Waals surface area contributed by atoms with Gasteiger partial charge in [0.15, 0.2) is 0 Å². The molecule has 0 aliphatic carbocycles. The molecule has 0 radical (unpaired) electrons. The molecule has 2 fully saturated rings. The highest BCUT2D eigenvalue weighted by molar-refractivity contribution is 5.99. The van der Waals surface area contributed by atoms with Gasteiger partial charge in [-0.2, -0.15) is 0 Å². The minimum atomic E-state index is -1.48. The third-order valence-electron chi connectivity index (χ3n) is 8.49. The molecule has 5 amide bonds. The Kier molecular flexibility index (Phi) is 10.5. The number of hydrogen-bond donors (Lipinski definition) is 6. The third kappa shape index (κ3) is 7.81. The number of aromatic amines is 1. The van der Waals surface area contributed by atoms with E-state index in [4.69, 9.17) is 0 Å². The molecule has 2 aliphatic rings. The van der Waals surface area contributed by atoms with Gasteiger partial charge in [0.2, 0.25) is 29.5 Å². The fourth-order valence-corrected chi connectivity index (χ4v) is 6.18. The van der Waals surface area contributed by atoms with Crippen molar-refractivity contribution in [3.05, 3.63) is 35.5 Å². The van der Waals surface area contributed by atoms with Gasteiger partial charge in [0.25, 0.3) is 0 Å². The minimum absolute atomic E-state index is 0.0111. The van der Waals surface area contributed by atoms with Crippen LogP contribution in [0.4, 0.5) is 0 Å². The maximum absolute atomic E-state index is 13.9. The second kappa shape index (κ2) is 14.1. The van der Waals surface area contributed by atoms with Crippen molar-refractivity contribution < 1.29 is 33.9 Å². The lowest BCUT2D eigenvalue weighted by Crippen LogP contribution is -2.59. The van der Waals surface area contributed by atoms with Gasteiger partial charge in [0.05, 0.1) is 6.42 Å². The molecule has 13 heteroatoms. The molecule has 1 aromatic heterocycles. The Labute approximate surface area is 262 Å². The quantitative estimate of drug-likeness (QED) is 0.266. The molecule has 244 valence electrons. The molecule has 0 saturated carbocycles. The van der Waals surface area contributed by atoms with Crippen LogP contribution in [0.5, 0.6) is 0 Å². The number of aliphatic carboxylic acids is 1. The van der Waals surface area contributed by atoms with Gasteiger partial charge in [-0.1, -0.05) is 45.9 Å². The summed E-state index contributed by atoms with van der Waals surface area (Å²) < 4.78 is 0. The average Bonchev–Trinajstić information content (AvgIpc) is 3.57. The first kappa shape index (κ1) is 33.5. The highest BCUT2D eigenvalue weighted by Crippen LogP contribution is 2.24. The Hall–Kier alpha value is -4.42. The summed E-state index contributed by atoms with van der Waals surface area (Å²) in [5.41, 5.74) is 2.39. The van der Waals surface area contributed by atoms with Crippen LogP contribution in [0.25, 0.3) is 10.9 Å². The molecule has 4 rings (SSSR count). The van der Waals surface area contributed by atoms with Crippen LogP contribution in [0.1, 0.15) is 64.6 Å². The van der Waals surface area contributed by atoms with Crippen molar-refractivity contribution in [1.29, 1.82) is 0 Å². The number of carboxylic acid groups (broad SMARTS) is 1. The van der Waals surface area contributed by atoms with E-state index in [0.717, 1.165) is 22.2 Å². The number of carbonyl (C=O) groups excluding carboxylic acids is 5. The normalized spacial score (nSPS) is 25.4. The van der Waals surface area contributed by atoms with E-state index < -0.39 is 72.1 Å². The first-order chi connectivity index (χ1) is 21.3. The van der Waals surface area contributed by atoms with E-state index in [-0.39, 0.29) is 31.2 Å². The molecule has 6 N–H and O–H groups in total. The second-order valence-electron chi connectivity index (χ2n) is 12.8. The van der Waals surface area contributed by atoms with Crippen LogP contribution < -0.4 is 21.3 Å². The molecule has 2 aliphatic heterocycles. The highest BCUT2D eigenvalue weighted by Gasteiger charge is 2.41. The van der Waals surface area contributed by atoms with Crippen LogP contribution in [0.3, 0.4) is 0 Å². The molecule has 5 atom stereocenters. The monoisotopic (exact) mass is 624 g/mol. The number of carbonyl (C=O) groups is 6. The summed E-state index contributed by atoms with van der Waals surface area (Å²) in [6, 6.07) is 1.85. The first-order valence-electron chi connectivity index (χ1n) is 15.6. The fourth-order valence-electron chi connectivity index (χ4n) is 6.18. The molecular formula is C32H44N6O7. The summed E-state index contributed by atoms with van der Waals surface area (Å²) in [6.45, 7) is 9.36. The number of para-hydroxylation sites is 1. The average molecular weight is 625 g/mol. The topological polar surface area (TPSA) is 190 Å². The maximum Gasteiger partial charge on any atom is 0.305 e. The zero-order valence-electron chi connectivity index (χ0n) is 26.4. The van der Waals surface area contributed by atoms with Gasteiger partial charge >= 0.3 is 5.97 Å². The standard InChI is InChI=1S/C32H44N6O7/c1-16(2)13-22-28(41)34-23(14-20-18(5)33-21-10-7-6-9-19(20)21)29(42)36-24(15-26(39)40)32(45)38-12-8-11-25(38)30(43)37-27(17(3)4)31(44)35-22/h6-7,9-10,16-17,22-25,27,33H,8,11-15H2,1-5H3,(H,34,41)(H,35,44)(H,36,42)(H,37,43)(H,39,40)/t22-,23+,24-,25+,27+/m1/s1. The first-order valence-corrected chi connectivity index (χ1v) is 15.6. The number of aromatic nitrogens is 1. The van der Waals surface area contributed by atoms with Crippen LogP contribution in [0.2, 0.25) is 0 Å². The molecule has 3 heterocycles. The van der Waals surface area contributed by atoms with Crippen LogP contribution in [-0.4, -0.2) is 87.2 Å². The molecule has 2 saturated heterocycles. The van der Waals surface area contributed by atoms with Gasteiger partial charge in [-0.3, -0.25) is 28.8 Å². The number of hydrogen-bond acceptors (Lipinski definition) is 6. The Morgan fingerprint density at radius 1 is 0.889 bits per heavy atom. The van der Waals surface area contributed by atoms with E-state index >= 15 is 0 Å². The van der Waals surface area contributed by atoms with Crippen molar-refractivity contribution in [3.63, 3.8) is 0 Å². The number of H-pyrrole nitrogens is 1. The number of rotatable bonds is 7. The minimum Gasteiger partial charge on any atom is -0.481 e. The van der Waals surface area contributed by atoms with Crippen LogP contribution in [0, 0.1) is 18.8 Å². The molecule has 13 nitrogen and oxygen atoms in total. The lowest BCUT2D eigenvalue weighted by molar-refractivity contribution is -0.146. The molecule has 0 spiro atoms. The molecule has 0 bridgehead atoms. The smallest absolute Gasteiger partial charge is 0.305 e. The summed E-state index contributed by atoms with van der Waals surface area (Å²) in [6.07, 6.45) is 0.381. The van der Waals surface area contributed by atoms with Crippen molar-refractivity contribution in [2.24, 2.45) is 11.8 Å². The summed E-state index contributed by atoms with van der Waals surface area (Å²) in [4.78, 5) is 84.9. The van der Waals surface area contributed by atoms with Crippen molar-refractivity contribution >= 4 is 46.4 Å². The predicted octanol–water partition coefficient (Wildman–Crippen LogP) is 1.14. The predicted molar refractivity (Wildman–Crippen MR) is 166 cm³/mol. The Balaban J connectivity index is 1.79. The van der Waals surface area contributed by atoms with Gasteiger partial charge in [0.1, 0.15) is 30.2 Å². The Morgan fingerprint density at radius 2 is 1.53 bits per heavy atom. The number of aryl methyl sites for hydroxylation is 1. The fraction of sp³-hybridized carbons (Fsp3) is 0.562.